The lowest BCUT2D eigenvalue weighted by atomic mass is 10.0. The van der Waals surface area contributed by atoms with Crippen LogP contribution in [0.25, 0.3) is 11.3 Å². The Kier molecular flexibility index (Phi) is 9.99. The zero-order chi connectivity index (χ0) is 31.9. The second-order valence-electron chi connectivity index (χ2n) is 9.83. The van der Waals surface area contributed by atoms with Crippen molar-refractivity contribution in [3.63, 3.8) is 0 Å². The van der Waals surface area contributed by atoms with Crippen LogP contribution in [0.3, 0.4) is 0 Å². The second kappa shape index (κ2) is 13.9. The van der Waals surface area contributed by atoms with Crippen LogP contribution in [0.2, 0.25) is 0 Å². The van der Waals surface area contributed by atoms with Gasteiger partial charge in [-0.05, 0) is 80.1 Å². The van der Waals surface area contributed by atoms with Crippen LogP contribution < -0.4 is 20.9 Å². The third-order valence-electron chi connectivity index (χ3n) is 7.00. The van der Waals surface area contributed by atoms with E-state index in [4.69, 9.17) is 0 Å². The summed E-state index contributed by atoms with van der Waals surface area (Å²) in [5.41, 5.74) is 2.64. The van der Waals surface area contributed by atoms with E-state index in [2.05, 4.69) is 25.8 Å². The van der Waals surface area contributed by atoms with Crippen LogP contribution in [0.5, 0.6) is 0 Å². The zero-order valence-corrected chi connectivity index (χ0v) is 24.5. The lowest BCUT2D eigenvalue weighted by Crippen LogP contribution is -2.23. The Morgan fingerprint density at radius 3 is 2.16 bits per heavy atom. The quantitative estimate of drug-likeness (QED) is 0.202. The number of rotatable bonds is 10. The number of carbonyl (C=O) groups excluding carboxylic acids is 3. The molecule has 11 heteroatoms. The summed E-state index contributed by atoms with van der Waals surface area (Å²) in [5, 5.41) is 8.10. The molecule has 0 radical (unpaired) electrons. The molecule has 0 aliphatic heterocycles. The lowest BCUT2D eigenvalue weighted by molar-refractivity contribution is -0.137. The summed E-state index contributed by atoms with van der Waals surface area (Å²) in [5.74, 6) is -1.26. The van der Waals surface area contributed by atoms with Gasteiger partial charge in [-0.2, -0.15) is 13.2 Å². The Bertz CT molecular complexity index is 1670. The minimum Gasteiger partial charge on any atom is -0.372 e. The summed E-state index contributed by atoms with van der Waals surface area (Å²) in [6, 6.07) is 19.6. The highest BCUT2D eigenvalue weighted by Gasteiger charge is 2.30. The predicted molar refractivity (Wildman–Crippen MR) is 164 cm³/mol. The van der Waals surface area contributed by atoms with Crippen LogP contribution in [0.4, 0.5) is 24.5 Å². The molecule has 8 nitrogen and oxygen atoms in total. The second-order valence-corrected chi connectivity index (χ2v) is 9.83. The number of pyridine rings is 1. The van der Waals surface area contributed by atoms with Crippen molar-refractivity contribution in [3.05, 3.63) is 113 Å². The number of nitrogens with zero attached hydrogens (tertiary/aromatic N) is 2. The summed E-state index contributed by atoms with van der Waals surface area (Å²) in [7, 11) is 1.51. The monoisotopic (exact) mass is 603 g/mol. The van der Waals surface area contributed by atoms with Gasteiger partial charge in [0, 0.05) is 60.8 Å². The van der Waals surface area contributed by atoms with Gasteiger partial charge >= 0.3 is 6.18 Å². The Morgan fingerprint density at radius 1 is 0.795 bits per heavy atom. The van der Waals surface area contributed by atoms with E-state index in [0.717, 1.165) is 30.9 Å². The van der Waals surface area contributed by atoms with Crippen molar-refractivity contribution in [1.82, 2.24) is 15.6 Å². The average molecular weight is 604 g/mol. The van der Waals surface area contributed by atoms with E-state index in [9.17, 15) is 27.6 Å². The first kappa shape index (κ1) is 31.7. The fraction of sp³-hybridized carbons (Fsp3) is 0.212. The highest BCUT2D eigenvalue weighted by atomic mass is 19.4. The summed E-state index contributed by atoms with van der Waals surface area (Å²) in [4.78, 5) is 45.0. The first-order chi connectivity index (χ1) is 21.0. The predicted octanol–water partition coefficient (Wildman–Crippen LogP) is 6.16. The molecule has 0 aliphatic rings. The topological polar surface area (TPSA) is 103 Å². The molecule has 4 aromatic rings. The third kappa shape index (κ3) is 7.60. The number of aromatic nitrogens is 1. The molecule has 3 aromatic carbocycles. The number of benzene rings is 3. The number of alkyl halides is 3. The first-order valence-corrected chi connectivity index (χ1v) is 14.0. The van der Waals surface area contributed by atoms with Gasteiger partial charge in [-0.25, -0.2) is 0 Å². The van der Waals surface area contributed by atoms with E-state index in [-0.39, 0.29) is 23.6 Å². The SMILES string of the molecule is CCN(CC)c1ccc(NC(=O)c2cccc(C(=O)NC)c2)c(-c2cc(C(=O)NCc3cccc(C(F)(F)F)c3)ccn2)c1. The Morgan fingerprint density at radius 2 is 1.48 bits per heavy atom. The zero-order valence-electron chi connectivity index (χ0n) is 24.5. The first-order valence-electron chi connectivity index (χ1n) is 14.0. The van der Waals surface area contributed by atoms with Crippen molar-refractivity contribution in [2.24, 2.45) is 0 Å². The minimum atomic E-state index is -4.49. The third-order valence-corrected chi connectivity index (χ3v) is 7.00. The summed E-state index contributed by atoms with van der Waals surface area (Å²) in [6.45, 7) is 5.41. The van der Waals surface area contributed by atoms with Gasteiger partial charge in [0.1, 0.15) is 0 Å². The molecule has 0 saturated carbocycles. The number of anilines is 2. The van der Waals surface area contributed by atoms with Crippen molar-refractivity contribution in [3.8, 4) is 11.3 Å². The van der Waals surface area contributed by atoms with Crippen LogP contribution in [0.15, 0.2) is 85.1 Å². The van der Waals surface area contributed by atoms with Gasteiger partial charge in [0.2, 0.25) is 0 Å². The van der Waals surface area contributed by atoms with Crippen molar-refractivity contribution >= 4 is 29.1 Å². The highest BCUT2D eigenvalue weighted by molar-refractivity contribution is 6.08. The molecule has 0 atom stereocenters. The number of carbonyl (C=O) groups is 3. The highest BCUT2D eigenvalue weighted by Crippen LogP contribution is 2.33. The minimum absolute atomic E-state index is 0.103. The number of hydrogen-bond acceptors (Lipinski definition) is 5. The molecule has 228 valence electrons. The molecule has 0 fully saturated rings. The van der Waals surface area contributed by atoms with Crippen molar-refractivity contribution < 1.29 is 27.6 Å². The number of halogens is 3. The van der Waals surface area contributed by atoms with Crippen LogP contribution in [0.1, 0.15) is 56.0 Å². The molecule has 0 aliphatic carbocycles. The van der Waals surface area contributed by atoms with Gasteiger partial charge < -0.3 is 20.9 Å². The lowest BCUT2D eigenvalue weighted by Gasteiger charge is -2.23. The largest absolute Gasteiger partial charge is 0.416 e. The fourth-order valence-electron chi connectivity index (χ4n) is 4.64. The molecular formula is C33H32F3N5O3. The van der Waals surface area contributed by atoms with E-state index < -0.39 is 23.6 Å². The molecule has 0 spiro atoms. The molecule has 1 heterocycles. The Labute approximate surface area is 253 Å². The van der Waals surface area contributed by atoms with Gasteiger partial charge in [-0.3, -0.25) is 19.4 Å². The number of nitrogens with one attached hydrogen (secondary N) is 3. The molecule has 4 rings (SSSR count). The summed E-state index contributed by atoms with van der Waals surface area (Å²) >= 11 is 0. The van der Waals surface area contributed by atoms with Gasteiger partial charge in [0.15, 0.2) is 0 Å². The van der Waals surface area contributed by atoms with E-state index in [1.165, 1.54) is 37.5 Å². The smallest absolute Gasteiger partial charge is 0.372 e. The number of amides is 3. The van der Waals surface area contributed by atoms with E-state index >= 15 is 0 Å². The van der Waals surface area contributed by atoms with Gasteiger partial charge in [-0.1, -0.05) is 18.2 Å². The van der Waals surface area contributed by atoms with Gasteiger partial charge in [0.05, 0.1) is 16.9 Å². The number of hydrogen-bond donors (Lipinski definition) is 3. The van der Waals surface area contributed by atoms with Gasteiger partial charge in [0.25, 0.3) is 17.7 Å². The molecule has 0 saturated heterocycles. The molecule has 3 N–H and O–H groups in total. The molecule has 1 aromatic heterocycles. The molecule has 3 amide bonds. The maximum atomic E-state index is 13.3. The summed E-state index contributed by atoms with van der Waals surface area (Å²) in [6.07, 6.45) is -3.03. The standard InChI is InChI=1S/C33H32F3N5O3/c1-4-41(5-2)26-12-13-28(40-32(44)23-10-7-9-22(17-23)30(42)37-3)27(19-26)29-18-24(14-15-38-29)31(43)39-20-21-8-6-11-25(16-21)33(34,35)36/h6-19H,4-5,20H2,1-3H3,(H,37,42)(H,39,43)(H,40,44). The van der Waals surface area contributed by atoms with Crippen molar-refractivity contribution in [2.45, 2.75) is 26.6 Å². The van der Waals surface area contributed by atoms with Gasteiger partial charge in [-0.15, -0.1) is 0 Å². The van der Waals surface area contributed by atoms with E-state index in [0.29, 0.717) is 28.1 Å². The molecule has 0 unspecified atom stereocenters. The molecule has 44 heavy (non-hydrogen) atoms. The maximum absolute atomic E-state index is 13.3. The summed E-state index contributed by atoms with van der Waals surface area (Å²) < 4.78 is 39.3. The molecule has 0 bridgehead atoms. The average Bonchev–Trinajstić information content (AvgIpc) is 3.04. The van der Waals surface area contributed by atoms with E-state index in [1.54, 1.807) is 30.3 Å². The Balaban J connectivity index is 1.63. The van der Waals surface area contributed by atoms with Crippen molar-refractivity contribution in [1.29, 1.82) is 0 Å². The van der Waals surface area contributed by atoms with Crippen LogP contribution in [0, 0.1) is 0 Å². The van der Waals surface area contributed by atoms with Crippen LogP contribution >= 0.6 is 0 Å². The Hall–Kier alpha value is -5.19. The maximum Gasteiger partial charge on any atom is 0.416 e. The normalized spacial score (nSPS) is 11.0. The molecular weight excluding hydrogens is 571 g/mol. The van der Waals surface area contributed by atoms with Crippen LogP contribution in [-0.4, -0.2) is 42.8 Å². The van der Waals surface area contributed by atoms with Crippen molar-refractivity contribution in [2.75, 3.05) is 30.4 Å². The fourth-order valence-corrected chi connectivity index (χ4v) is 4.64. The van der Waals surface area contributed by atoms with E-state index in [1.807, 2.05) is 26.0 Å². The van der Waals surface area contributed by atoms with Crippen LogP contribution in [-0.2, 0) is 12.7 Å².